The van der Waals surface area contributed by atoms with Crippen LogP contribution in [0.5, 0.6) is 0 Å². The molecule has 0 atom stereocenters. The van der Waals surface area contributed by atoms with Crippen molar-refractivity contribution in [1.82, 2.24) is 14.8 Å². The number of benzene rings is 1. The number of likely N-dealkylation sites (N-methyl/N-ethyl adjacent to an activating group) is 1. The van der Waals surface area contributed by atoms with Gasteiger partial charge in [0.25, 0.3) is 0 Å². The summed E-state index contributed by atoms with van der Waals surface area (Å²) in [6.45, 7) is 3.36. The number of nitrogens with one attached hydrogen (secondary N) is 1. The number of piperazine rings is 1. The molecule has 1 saturated heterocycles. The van der Waals surface area contributed by atoms with E-state index in [-0.39, 0.29) is 6.03 Å². The van der Waals surface area contributed by atoms with Gasteiger partial charge in [-0.25, -0.2) is 9.78 Å². The Kier molecular flexibility index (Phi) is 4.17. The van der Waals surface area contributed by atoms with E-state index in [9.17, 15) is 4.79 Å². The highest BCUT2D eigenvalue weighted by atomic mass is 32.1. The van der Waals surface area contributed by atoms with Crippen LogP contribution in [0.2, 0.25) is 0 Å². The maximum absolute atomic E-state index is 12.2. The van der Waals surface area contributed by atoms with Crippen LogP contribution in [0.1, 0.15) is 0 Å². The maximum atomic E-state index is 12.2. The van der Waals surface area contributed by atoms with Crippen LogP contribution < -0.4 is 5.32 Å². The number of hydrogen-bond donors (Lipinski definition) is 1. The smallest absolute Gasteiger partial charge is 0.322 e. The monoisotopic (exact) mass is 302 g/mol. The van der Waals surface area contributed by atoms with Crippen molar-refractivity contribution in [2.24, 2.45) is 0 Å². The lowest BCUT2D eigenvalue weighted by Gasteiger charge is -2.32. The molecule has 0 bridgehead atoms. The van der Waals surface area contributed by atoms with E-state index in [2.05, 4.69) is 22.2 Å². The van der Waals surface area contributed by atoms with E-state index < -0.39 is 0 Å². The minimum Gasteiger partial charge on any atom is -0.322 e. The molecule has 1 aromatic heterocycles. The minimum atomic E-state index is -0.0583. The van der Waals surface area contributed by atoms with Crippen LogP contribution in [0.15, 0.2) is 35.7 Å². The molecule has 6 heteroatoms. The van der Waals surface area contributed by atoms with Crippen LogP contribution in [-0.4, -0.2) is 54.0 Å². The standard InChI is InChI=1S/C15H18N4OS/c1-18-7-9-19(10-8-18)15(20)17-14-16-13(11-21-14)12-5-3-2-4-6-12/h2-6,11H,7-10H2,1H3,(H,16,17,20). The van der Waals surface area contributed by atoms with Crippen molar-refractivity contribution >= 4 is 22.5 Å². The van der Waals surface area contributed by atoms with Gasteiger partial charge in [-0.1, -0.05) is 30.3 Å². The number of aromatic nitrogens is 1. The van der Waals surface area contributed by atoms with Gasteiger partial charge in [-0.3, -0.25) is 5.32 Å². The van der Waals surface area contributed by atoms with E-state index in [1.54, 1.807) is 0 Å². The lowest BCUT2D eigenvalue weighted by molar-refractivity contribution is 0.164. The van der Waals surface area contributed by atoms with E-state index in [1.165, 1.54) is 11.3 Å². The molecule has 2 heterocycles. The number of anilines is 1. The largest absolute Gasteiger partial charge is 0.323 e. The van der Waals surface area contributed by atoms with Crippen molar-refractivity contribution in [3.63, 3.8) is 0 Å². The normalized spacial score (nSPS) is 16.0. The zero-order valence-corrected chi connectivity index (χ0v) is 12.8. The molecule has 1 N–H and O–H groups in total. The van der Waals surface area contributed by atoms with Crippen LogP contribution in [0.3, 0.4) is 0 Å². The van der Waals surface area contributed by atoms with Crippen molar-refractivity contribution in [3.8, 4) is 11.3 Å². The number of amides is 2. The highest BCUT2D eigenvalue weighted by Crippen LogP contribution is 2.24. The van der Waals surface area contributed by atoms with Gasteiger partial charge in [-0.15, -0.1) is 11.3 Å². The number of carbonyl (C=O) groups excluding carboxylic acids is 1. The third kappa shape index (κ3) is 3.40. The molecule has 0 saturated carbocycles. The third-order valence-electron chi connectivity index (χ3n) is 3.58. The number of urea groups is 1. The molecule has 21 heavy (non-hydrogen) atoms. The number of carbonyl (C=O) groups is 1. The molecule has 1 aliphatic rings. The number of hydrogen-bond acceptors (Lipinski definition) is 4. The second-order valence-electron chi connectivity index (χ2n) is 5.12. The highest BCUT2D eigenvalue weighted by molar-refractivity contribution is 7.14. The molecule has 0 aliphatic carbocycles. The molecule has 0 spiro atoms. The van der Waals surface area contributed by atoms with Gasteiger partial charge in [0.05, 0.1) is 5.69 Å². The molecule has 1 fully saturated rings. The maximum Gasteiger partial charge on any atom is 0.323 e. The van der Waals surface area contributed by atoms with E-state index in [0.29, 0.717) is 5.13 Å². The first-order valence-electron chi connectivity index (χ1n) is 6.98. The molecule has 5 nitrogen and oxygen atoms in total. The molecule has 1 aliphatic heterocycles. The SMILES string of the molecule is CN1CCN(C(=O)Nc2nc(-c3ccccc3)cs2)CC1. The van der Waals surface area contributed by atoms with Gasteiger partial charge >= 0.3 is 6.03 Å². The predicted octanol–water partition coefficient (Wildman–Crippen LogP) is 2.59. The van der Waals surface area contributed by atoms with Crippen molar-refractivity contribution in [1.29, 1.82) is 0 Å². The van der Waals surface area contributed by atoms with E-state index in [4.69, 9.17) is 0 Å². The first kappa shape index (κ1) is 14.0. The van der Waals surface area contributed by atoms with Crippen LogP contribution in [0, 0.1) is 0 Å². The lowest BCUT2D eigenvalue weighted by Crippen LogP contribution is -2.48. The van der Waals surface area contributed by atoms with Gasteiger partial charge < -0.3 is 9.80 Å². The van der Waals surface area contributed by atoms with E-state index in [1.807, 2.05) is 40.6 Å². The quantitative estimate of drug-likeness (QED) is 0.927. The Morgan fingerprint density at radius 3 is 2.62 bits per heavy atom. The average molecular weight is 302 g/mol. The Balaban J connectivity index is 1.63. The molecule has 110 valence electrons. The molecule has 0 radical (unpaired) electrons. The second kappa shape index (κ2) is 6.24. The summed E-state index contributed by atoms with van der Waals surface area (Å²) in [5.74, 6) is 0. The van der Waals surface area contributed by atoms with Gasteiger partial charge in [-0.2, -0.15) is 0 Å². The van der Waals surface area contributed by atoms with Crippen molar-refractivity contribution in [3.05, 3.63) is 35.7 Å². The van der Waals surface area contributed by atoms with E-state index >= 15 is 0 Å². The first-order chi connectivity index (χ1) is 10.2. The van der Waals surface area contributed by atoms with Crippen molar-refractivity contribution < 1.29 is 4.79 Å². The molecular weight excluding hydrogens is 284 g/mol. The number of nitrogens with zero attached hydrogens (tertiary/aromatic N) is 3. The lowest BCUT2D eigenvalue weighted by atomic mass is 10.2. The van der Waals surface area contributed by atoms with Gasteiger partial charge in [0.15, 0.2) is 5.13 Å². The fraction of sp³-hybridized carbons (Fsp3) is 0.333. The molecular formula is C15H18N4OS. The Labute approximate surface area is 128 Å². The predicted molar refractivity (Wildman–Crippen MR) is 85.6 cm³/mol. The summed E-state index contributed by atoms with van der Waals surface area (Å²) in [6.07, 6.45) is 0. The van der Waals surface area contributed by atoms with Gasteiger partial charge in [0, 0.05) is 37.1 Å². The summed E-state index contributed by atoms with van der Waals surface area (Å²) in [4.78, 5) is 20.7. The second-order valence-corrected chi connectivity index (χ2v) is 5.98. The Bertz CT molecular complexity index is 605. The highest BCUT2D eigenvalue weighted by Gasteiger charge is 2.19. The first-order valence-corrected chi connectivity index (χ1v) is 7.86. The number of rotatable bonds is 2. The summed E-state index contributed by atoms with van der Waals surface area (Å²) in [5.41, 5.74) is 1.96. The zero-order chi connectivity index (χ0) is 14.7. The number of thiazole rings is 1. The molecule has 2 aromatic rings. The van der Waals surface area contributed by atoms with Crippen LogP contribution in [0.4, 0.5) is 9.93 Å². The fourth-order valence-corrected chi connectivity index (χ4v) is 2.96. The average Bonchev–Trinajstić information content (AvgIpc) is 2.97. The summed E-state index contributed by atoms with van der Waals surface area (Å²) in [7, 11) is 2.07. The van der Waals surface area contributed by atoms with Crippen molar-refractivity contribution in [2.45, 2.75) is 0 Å². The van der Waals surface area contributed by atoms with Gasteiger partial charge in [-0.05, 0) is 7.05 Å². The molecule has 2 amide bonds. The summed E-state index contributed by atoms with van der Waals surface area (Å²) in [5, 5.41) is 5.51. The Morgan fingerprint density at radius 2 is 1.90 bits per heavy atom. The van der Waals surface area contributed by atoms with Crippen LogP contribution in [-0.2, 0) is 0 Å². The third-order valence-corrected chi connectivity index (χ3v) is 4.34. The topological polar surface area (TPSA) is 48.5 Å². The Morgan fingerprint density at radius 1 is 1.19 bits per heavy atom. The zero-order valence-electron chi connectivity index (χ0n) is 12.0. The van der Waals surface area contributed by atoms with Crippen molar-refractivity contribution in [2.75, 3.05) is 38.5 Å². The van der Waals surface area contributed by atoms with Gasteiger partial charge in [0.2, 0.25) is 0 Å². The van der Waals surface area contributed by atoms with Crippen LogP contribution >= 0.6 is 11.3 Å². The summed E-state index contributed by atoms with van der Waals surface area (Å²) >= 11 is 1.46. The van der Waals surface area contributed by atoms with Gasteiger partial charge in [0.1, 0.15) is 0 Å². The van der Waals surface area contributed by atoms with Crippen LogP contribution in [0.25, 0.3) is 11.3 Å². The fourth-order valence-electron chi connectivity index (χ4n) is 2.25. The molecule has 0 unspecified atom stereocenters. The molecule has 1 aromatic carbocycles. The summed E-state index contributed by atoms with van der Waals surface area (Å²) in [6, 6.07) is 9.92. The Hall–Kier alpha value is -1.92. The minimum absolute atomic E-state index is 0.0583. The molecule has 3 rings (SSSR count). The van der Waals surface area contributed by atoms with E-state index in [0.717, 1.165) is 37.4 Å². The summed E-state index contributed by atoms with van der Waals surface area (Å²) < 4.78 is 0.